The van der Waals surface area contributed by atoms with Crippen LogP contribution in [0.25, 0.3) is 0 Å². The number of hydrogen-bond donors (Lipinski definition) is 4. The molecule has 3 aromatic rings. The summed E-state index contributed by atoms with van der Waals surface area (Å²) >= 11 is 0. The Labute approximate surface area is 205 Å². The number of rotatable bonds is 7. The van der Waals surface area contributed by atoms with Gasteiger partial charge in [0.2, 0.25) is 0 Å². The standard InChI is InChI=1S/C24H25F3N6O3/c1-28-21-11-22(31-14-30-21)33-13-17(34)10-16(33)12-29-23(35)32-15-6-8-18(9-7-15)36-20-5-3-2-4-19(20)24(25,26)27/h2-9,11,14,16-17,34H,10,12-13H2,1H3,(H,28,30,31)(H2,29,32,35)/t16-,17-/m1/s1. The van der Waals surface area contributed by atoms with Crippen LogP contribution >= 0.6 is 0 Å². The molecule has 4 rings (SSSR count). The van der Waals surface area contributed by atoms with Crippen molar-refractivity contribution in [2.24, 2.45) is 0 Å². The second-order valence-electron chi connectivity index (χ2n) is 8.16. The number of para-hydroxylation sites is 1. The summed E-state index contributed by atoms with van der Waals surface area (Å²) in [6, 6.07) is 12.0. The topological polar surface area (TPSA) is 112 Å². The predicted molar refractivity (Wildman–Crippen MR) is 128 cm³/mol. The lowest BCUT2D eigenvalue weighted by Crippen LogP contribution is -2.42. The summed E-state index contributed by atoms with van der Waals surface area (Å²) in [4.78, 5) is 22.7. The molecule has 0 saturated carbocycles. The molecule has 1 aliphatic heterocycles. The number of aromatic nitrogens is 2. The molecule has 12 heteroatoms. The second kappa shape index (κ2) is 10.7. The van der Waals surface area contributed by atoms with Crippen molar-refractivity contribution in [3.8, 4) is 11.5 Å². The van der Waals surface area contributed by atoms with E-state index in [4.69, 9.17) is 4.74 Å². The Balaban J connectivity index is 1.33. The number of halogens is 3. The number of amides is 2. The lowest BCUT2D eigenvalue weighted by molar-refractivity contribution is -0.138. The summed E-state index contributed by atoms with van der Waals surface area (Å²) in [7, 11) is 1.74. The summed E-state index contributed by atoms with van der Waals surface area (Å²) in [5.41, 5.74) is -0.441. The number of benzene rings is 2. The Morgan fingerprint density at radius 1 is 1.17 bits per heavy atom. The maximum absolute atomic E-state index is 13.2. The molecule has 2 amide bonds. The van der Waals surface area contributed by atoms with Gasteiger partial charge in [-0.05, 0) is 42.8 Å². The van der Waals surface area contributed by atoms with E-state index in [1.807, 2.05) is 4.90 Å². The van der Waals surface area contributed by atoms with Crippen LogP contribution < -0.4 is 25.6 Å². The SMILES string of the molecule is CNc1cc(N2C[C@H](O)C[C@@H]2CNC(=O)Nc2ccc(Oc3ccccc3C(F)(F)F)cc2)ncn1. The normalized spacial score (nSPS) is 17.5. The highest BCUT2D eigenvalue weighted by molar-refractivity contribution is 5.89. The highest BCUT2D eigenvalue weighted by Crippen LogP contribution is 2.38. The van der Waals surface area contributed by atoms with Gasteiger partial charge < -0.3 is 30.7 Å². The van der Waals surface area contributed by atoms with Gasteiger partial charge in [0.25, 0.3) is 0 Å². The number of urea groups is 1. The van der Waals surface area contributed by atoms with Gasteiger partial charge in [0.15, 0.2) is 0 Å². The first-order valence-corrected chi connectivity index (χ1v) is 11.2. The fourth-order valence-electron chi connectivity index (χ4n) is 3.92. The zero-order valence-electron chi connectivity index (χ0n) is 19.3. The molecule has 1 fully saturated rings. The average molecular weight is 502 g/mol. The van der Waals surface area contributed by atoms with Crippen LogP contribution in [0, 0.1) is 0 Å². The molecular weight excluding hydrogens is 477 g/mol. The van der Waals surface area contributed by atoms with Crippen molar-refractivity contribution in [3.63, 3.8) is 0 Å². The number of nitrogens with one attached hydrogen (secondary N) is 3. The summed E-state index contributed by atoms with van der Waals surface area (Å²) < 4.78 is 44.9. The van der Waals surface area contributed by atoms with Crippen molar-refractivity contribution in [2.75, 3.05) is 35.7 Å². The lowest BCUT2D eigenvalue weighted by Gasteiger charge is -2.25. The van der Waals surface area contributed by atoms with Crippen LogP contribution in [-0.2, 0) is 6.18 Å². The van der Waals surface area contributed by atoms with E-state index in [9.17, 15) is 23.1 Å². The van der Waals surface area contributed by atoms with Crippen LogP contribution in [0.15, 0.2) is 60.9 Å². The highest BCUT2D eigenvalue weighted by Gasteiger charge is 2.34. The molecule has 1 aliphatic rings. The summed E-state index contributed by atoms with van der Waals surface area (Å²) in [5, 5.41) is 18.5. The van der Waals surface area contributed by atoms with Crippen molar-refractivity contribution in [3.05, 3.63) is 66.5 Å². The lowest BCUT2D eigenvalue weighted by atomic mass is 10.2. The number of hydrogen-bond acceptors (Lipinski definition) is 7. The molecule has 0 unspecified atom stereocenters. The van der Waals surface area contributed by atoms with Crippen molar-refractivity contribution < 1.29 is 27.8 Å². The van der Waals surface area contributed by atoms with Crippen molar-refractivity contribution in [1.29, 1.82) is 0 Å². The fourth-order valence-corrected chi connectivity index (χ4v) is 3.92. The van der Waals surface area contributed by atoms with Crippen molar-refractivity contribution >= 4 is 23.4 Å². The number of ether oxygens (including phenoxy) is 1. The third-order valence-electron chi connectivity index (χ3n) is 5.63. The number of carbonyl (C=O) groups is 1. The Morgan fingerprint density at radius 2 is 1.92 bits per heavy atom. The van der Waals surface area contributed by atoms with E-state index in [2.05, 4.69) is 25.9 Å². The van der Waals surface area contributed by atoms with Crippen LogP contribution in [0.1, 0.15) is 12.0 Å². The first-order chi connectivity index (χ1) is 17.2. The van der Waals surface area contributed by atoms with Gasteiger partial charge in [0.05, 0.1) is 17.7 Å². The molecule has 9 nitrogen and oxygen atoms in total. The minimum Gasteiger partial charge on any atom is -0.457 e. The average Bonchev–Trinajstić information content (AvgIpc) is 3.24. The molecule has 36 heavy (non-hydrogen) atoms. The van der Waals surface area contributed by atoms with Crippen LogP contribution in [0.3, 0.4) is 0 Å². The van der Waals surface area contributed by atoms with E-state index in [0.717, 1.165) is 6.07 Å². The van der Waals surface area contributed by atoms with Gasteiger partial charge >= 0.3 is 12.2 Å². The quantitative estimate of drug-likeness (QED) is 0.385. The van der Waals surface area contributed by atoms with Crippen LogP contribution in [0.2, 0.25) is 0 Å². The zero-order chi connectivity index (χ0) is 25.7. The van der Waals surface area contributed by atoms with Crippen molar-refractivity contribution in [2.45, 2.75) is 24.7 Å². The van der Waals surface area contributed by atoms with E-state index < -0.39 is 23.9 Å². The van der Waals surface area contributed by atoms with Gasteiger partial charge in [0.1, 0.15) is 29.5 Å². The summed E-state index contributed by atoms with van der Waals surface area (Å²) in [5.74, 6) is 1.16. The number of aliphatic hydroxyl groups is 1. The Bertz CT molecular complexity index is 1190. The van der Waals surface area contributed by atoms with Crippen LogP contribution in [0.4, 0.5) is 35.3 Å². The Morgan fingerprint density at radius 3 is 2.64 bits per heavy atom. The molecule has 0 bridgehead atoms. The molecule has 2 aromatic carbocycles. The molecular formula is C24H25F3N6O3. The predicted octanol–water partition coefficient (Wildman–Crippen LogP) is 4.09. The molecule has 1 aromatic heterocycles. The number of carbonyl (C=O) groups excluding carboxylic acids is 1. The number of anilines is 3. The first kappa shape index (κ1) is 25.0. The maximum atomic E-state index is 13.2. The van der Waals surface area contributed by atoms with E-state index in [0.29, 0.717) is 30.3 Å². The second-order valence-corrected chi connectivity index (χ2v) is 8.16. The highest BCUT2D eigenvalue weighted by atomic mass is 19.4. The van der Waals surface area contributed by atoms with E-state index in [-0.39, 0.29) is 24.1 Å². The first-order valence-electron chi connectivity index (χ1n) is 11.2. The summed E-state index contributed by atoms with van der Waals surface area (Å²) in [6.07, 6.45) is -3.20. The Hall–Kier alpha value is -4.06. The Kier molecular flexibility index (Phi) is 7.44. The smallest absolute Gasteiger partial charge is 0.419 e. The summed E-state index contributed by atoms with van der Waals surface area (Å²) in [6.45, 7) is 0.643. The van der Waals surface area contributed by atoms with Gasteiger partial charge in [-0.25, -0.2) is 14.8 Å². The molecule has 2 heterocycles. The number of β-amino-alcohol motifs (C(OH)–C–C–N with tert-alkyl or cyclic N) is 1. The number of nitrogens with zero attached hydrogens (tertiary/aromatic N) is 3. The van der Waals surface area contributed by atoms with Gasteiger partial charge in [0, 0.05) is 31.9 Å². The van der Waals surface area contributed by atoms with Gasteiger partial charge in [-0.1, -0.05) is 12.1 Å². The molecule has 0 aliphatic carbocycles. The molecule has 1 saturated heterocycles. The number of aliphatic hydroxyl groups excluding tert-OH is 1. The fraction of sp³-hybridized carbons (Fsp3) is 0.292. The van der Waals surface area contributed by atoms with E-state index in [1.165, 1.54) is 48.8 Å². The van der Waals surface area contributed by atoms with E-state index >= 15 is 0 Å². The minimum absolute atomic E-state index is 0.171. The van der Waals surface area contributed by atoms with Crippen LogP contribution in [-0.4, -0.2) is 53.4 Å². The van der Waals surface area contributed by atoms with Crippen LogP contribution in [0.5, 0.6) is 11.5 Å². The van der Waals surface area contributed by atoms with Crippen molar-refractivity contribution in [1.82, 2.24) is 15.3 Å². The largest absolute Gasteiger partial charge is 0.457 e. The van der Waals surface area contributed by atoms with Gasteiger partial charge in [-0.3, -0.25) is 0 Å². The zero-order valence-corrected chi connectivity index (χ0v) is 19.3. The minimum atomic E-state index is -4.54. The monoisotopic (exact) mass is 502 g/mol. The molecule has 190 valence electrons. The number of alkyl halides is 3. The molecule has 2 atom stereocenters. The molecule has 0 spiro atoms. The van der Waals surface area contributed by atoms with E-state index in [1.54, 1.807) is 13.1 Å². The van der Waals surface area contributed by atoms with Gasteiger partial charge in [-0.15, -0.1) is 0 Å². The molecule has 4 N–H and O–H groups in total. The third kappa shape index (κ3) is 6.13. The van der Waals surface area contributed by atoms with Gasteiger partial charge in [-0.2, -0.15) is 13.2 Å². The maximum Gasteiger partial charge on any atom is 0.419 e. The molecule has 0 radical (unpaired) electrons. The third-order valence-corrected chi connectivity index (χ3v) is 5.63.